The SMILES string of the molecule is O=C(O)C(c1cnc2ccccc2c1)C1CC1. The van der Waals surface area contributed by atoms with Crippen molar-refractivity contribution in [2.24, 2.45) is 5.92 Å². The highest BCUT2D eigenvalue weighted by molar-refractivity contribution is 5.82. The second-order valence-electron chi connectivity index (χ2n) is 4.61. The van der Waals surface area contributed by atoms with Crippen LogP contribution in [0.2, 0.25) is 0 Å². The third-order valence-electron chi connectivity index (χ3n) is 3.33. The Hall–Kier alpha value is -1.90. The fourth-order valence-electron chi connectivity index (χ4n) is 2.30. The molecule has 3 rings (SSSR count). The van der Waals surface area contributed by atoms with Crippen LogP contribution in [0.1, 0.15) is 24.3 Å². The van der Waals surface area contributed by atoms with Gasteiger partial charge in [-0.1, -0.05) is 18.2 Å². The Kier molecular flexibility index (Phi) is 2.32. The average Bonchev–Trinajstić information content (AvgIpc) is 3.13. The molecule has 3 nitrogen and oxygen atoms in total. The molecule has 0 amide bonds. The Labute approximate surface area is 99.1 Å². The van der Waals surface area contributed by atoms with Crippen molar-refractivity contribution >= 4 is 16.9 Å². The molecule has 1 heterocycles. The molecule has 1 aliphatic carbocycles. The zero-order valence-electron chi connectivity index (χ0n) is 9.34. The van der Waals surface area contributed by atoms with Crippen molar-refractivity contribution < 1.29 is 9.90 Å². The predicted molar refractivity (Wildman–Crippen MR) is 64.8 cm³/mol. The second-order valence-corrected chi connectivity index (χ2v) is 4.61. The molecular weight excluding hydrogens is 214 g/mol. The topological polar surface area (TPSA) is 50.2 Å². The summed E-state index contributed by atoms with van der Waals surface area (Å²) in [6.07, 6.45) is 3.74. The van der Waals surface area contributed by atoms with E-state index in [2.05, 4.69) is 4.98 Å². The van der Waals surface area contributed by atoms with Gasteiger partial charge in [-0.2, -0.15) is 0 Å². The number of hydrogen-bond acceptors (Lipinski definition) is 2. The van der Waals surface area contributed by atoms with Crippen LogP contribution < -0.4 is 0 Å². The van der Waals surface area contributed by atoms with Gasteiger partial charge >= 0.3 is 5.97 Å². The van der Waals surface area contributed by atoms with Crippen LogP contribution in [0.3, 0.4) is 0 Å². The number of hydrogen-bond donors (Lipinski definition) is 1. The first kappa shape index (κ1) is 10.3. The van der Waals surface area contributed by atoms with E-state index < -0.39 is 5.97 Å². The van der Waals surface area contributed by atoms with Gasteiger partial charge in [0.15, 0.2) is 0 Å². The molecule has 1 atom stereocenters. The molecule has 1 saturated carbocycles. The maximum absolute atomic E-state index is 11.3. The smallest absolute Gasteiger partial charge is 0.311 e. The number of carbonyl (C=O) groups is 1. The van der Waals surface area contributed by atoms with Gasteiger partial charge in [-0.15, -0.1) is 0 Å². The molecule has 17 heavy (non-hydrogen) atoms. The zero-order valence-corrected chi connectivity index (χ0v) is 9.34. The van der Waals surface area contributed by atoms with Gasteiger partial charge in [-0.3, -0.25) is 9.78 Å². The summed E-state index contributed by atoms with van der Waals surface area (Å²) >= 11 is 0. The van der Waals surface area contributed by atoms with E-state index in [1.807, 2.05) is 30.3 Å². The van der Waals surface area contributed by atoms with Crippen LogP contribution in [0.15, 0.2) is 36.5 Å². The summed E-state index contributed by atoms with van der Waals surface area (Å²) in [6.45, 7) is 0. The van der Waals surface area contributed by atoms with Crippen molar-refractivity contribution in [3.63, 3.8) is 0 Å². The van der Waals surface area contributed by atoms with E-state index in [1.165, 1.54) is 0 Å². The van der Waals surface area contributed by atoms with E-state index in [9.17, 15) is 9.90 Å². The number of pyridine rings is 1. The number of benzene rings is 1. The third kappa shape index (κ3) is 1.88. The van der Waals surface area contributed by atoms with E-state index in [1.54, 1.807) is 6.20 Å². The lowest BCUT2D eigenvalue weighted by atomic mass is 9.95. The van der Waals surface area contributed by atoms with Crippen LogP contribution in [0.4, 0.5) is 0 Å². The molecule has 1 aromatic carbocycles. The quantitative estimate of drug-likeness (QED) is 0.877. The van der Waals surface area contributed by atoms with Crippen molar-refractivity contribution in [3.8, 4) is 0 Å². The summed E-state index contributed by atoms with van der Waals surface area (Å²) in [5.74, 6) is -0.813. The van der Waals surface area contributed by atoms with Crippen LogP contribution in [-0.4, -0.2) is 16.1 Å². The molecule has 86 valence electrons. The lowest BCUT2D eigenvalue weighted by Crippen LogP contribution is -2.13. The summed E-state index contributed by atoms with van der Waals surface area (Å²) in [5, 5.41) is 10.3. The van der Waals surface area contributed by atoms with Crippen LogP contribution >= 0.6 is 0 Å². The van der Waals surface area contributed by atoms with Gasteiger partial charge < -0.3 is 5.11 Å². The zero-order chi connectivity index (χ0) is 11.8. The van der Waals surface area contributed by atoms with Crippen molar-refractivity contribution in [3.05, 3.63) is 42.1 Å². The number of rotatable bonds is 3. The van der Waals surface area contributed by atoms with Gasteiger partial charge in [-0.05, 0) is 36.5 Å². The number of aliphatic carboxylic acids is 1. The Balaban J connectivity index is 2.07. The minimum atomic E-state index is -0.732. The number of aromatic nitrogens is 1. The summed E-state index contributed by atoms with van der Waals surface area (Å²) in [4.78, 5) is 15.6. The molecule has 1 fully saturated rings. The third-order valence-corrected chi connectivity index (χ3v) is 3.33. The Morgan fingerprint density at radius 3 is 2.82 bits per heavy atom. The molecule has 1 unspecified atom stereocenters. The van der Waals surface area contributed by atoms with Gasteiger partial charge in [0.1, 0.15) is 0 Å². The van der Waals surface area contributed by atoms with E-state index in [0.29, 0.717) is 5.92 Å². The normalized spacial score (nSPS) is 16.9. The maximum Gasteiger partial charge on any atom is 0.311 e. The molecule has 0 bridgehead atoms. The summed E-state index contributed by atoms with van der Waals surface area (Å²) < 4.78 is 0. The van der Waals surface area contributed by atoms with Crippen molar-refractivity contribution in [1.82, 2.24) is 4.98 Å². The minimum absolute atomic E-state index is 0.301. The van der Waals surface area contributed by atoms with E-state index >= 15 is 0 Å². The van der Waals surface area contributed by atoms with Gasteiger partial charge in [0.05, 0.1) is 11.4 Å². The second kappa shape index (κ2) is 3.84. The Morgan fingerprint density at radius 2 is 2.12 bits per heavy atom. The summed E-state index contributed by atoms with van der Waals surface area (Å²) in [6, 6.07) is 9.74. The number of para-hydroxylation sites is 1. The van der Waals surface area contributed by atoms with Crippen LogP contribution in [0, 0.1) is 5.92 Å². The van der Waals surface area contributed by atoms with Crippen LogP contribution in [-0.2, 0) is 4.79 Å². The first-order chi connectivity index (χ1) is 8.25. The molecule has 0 saturated heterocycles. The lowest BCUT2D eigenvalue weighted by molar-refractivity contribution is -0.139. The van der Waals surface area contributed by atoms with Crippen molar-refractivity contribution in [1.29, 1.82) is 0 Å². The number of carboxylic acids is 1. The van der Waals surface area contributed by atoms with Gasteiger partial charge in [-0.25, -0.2) is 0 Å². The van der Waals surface area contributed by atoms with Crippen LogP contribution in [0.5, 0.6) is 0 Å². The first-order valence-corrected chi connectivity index (χ1v) is 5.83. The maximum atomic E-state index is 11.3. The molecule has 1 N–H and O–H groups in total. The molecule has 0 spiro atoms. The fraction of sp³-hybridized carbons (Fsp3) is 0.286. The molecular formula is C14H13NO2. The monoisotopic (exact) mass is 227 g/mol. The predicted octanol–water partition coefficient (Wildman–Crippen LogP) is 2.81. The van der Waals surface area contributed by atoms with Crippen LogP contribution in [0.25, 0.3) is 10.9 Å². The standard InChI is InChI=1S/C14H13NO2/c16-14(17)13(9-5-6-9)11-7-10-3-1-2-4-12(10)15-8-11/h1-4,7-9,13H,5-6H2,(H,16,17). The number of fused-ring (bicyclic) bond motifs is 1. The van der Waals surface area contributed by atoms with E-state index in [0.717, 1.165) is 29.3 Å². The fourth-order valence-corrected chi connectivity index (χ4v) is 2.30. The highest BCUT2D eigenvalue weighted by Crippen LogP contribution is 2.42. The summed E-state index contributed by atoms with van der Waals surface area (Å²) in [7, 11) is 0. The largest absolute Gasteiger partial charge is 0.481 e. The van der Waals surface area contributed by atoms with E-state index in [-0.39, 0.29) is 5.92 Å². The molecule has 0 radical (unpaired) electrons. The molecule has 3 heteroatoms. The minimum Gasteiger partial charge on any atom is -0.481 e. The highest BCUT2D eigenvalue weighted by Gasteiger charge is 2.37. The Morgan fingerprint density at radius 1 is 1.35 bits per heavy atom. The van der Waals surface area contributed by atoms with Gasteiger partial charge in [0.25, 0.3) is 0 Å². The highest BCUT2D eigenvalue weighted by atomic mass is 16.4. The molecule has 2 aromatic rings. The average molecular weight is 227 g/mol. The molecule has 0 aliphatic heterocycles. The van der Waals surface area contributed by atoms with Gasteiger partial charge in [0.2, 0.25) is 0 Å². The lowest BCUT2D eigenvalue weighted by Gasteiger charge is -2.11. The molecule has 1 aliphatic rings. The number of carboxylic acid groups (broad SMARTS) is 1. The number of nitrogens with zero attached hydrogens (tertiary/aromatic N) is 1. The van der Waals surface area contributed by atoms with Gasteiger partial charge in [0, 0.05) is 11.6 Å². The first-order valence-electron chi connectivity index (χ1n) is 5.83. The molecule has 1 aromatic heterocycles. The Bertz CT molecular complexity index is 575. The van der Waals surface area contributed by atoms with E-state index in [4.69, 9.17) is 0 Å². The summed E-state index contributed by atoms with van der Waals surface area (Å²) in [5.41, 5.74) is 1.75. The van der Waals surface area contributed by atoms with Crippen molar-refractivity contribution in [2.45, 2.75) is 18.8 Å². The van der Waals surface area contributed by atoms with Crippen molar-refractivity contribution in [2.75, 3.05) is 0 Å².